The van der Waals surface area contributed by atoms with Crippen molar-refractivity contribution >= 4 is 22.3 Å². The molecule has 16 heavy (non-hydrogen) atoms. The first-order chi connectivity index (χ1) is 7.68. The zero-order valence-corrected chi connectivity index (χ0v) is 9.91. The van der Waals surface area contributed by atoms with Crippen molar-refractivity contribution in [2.75, 3.05) is 0 Å². The highest BCUT2D eigenvalue weighted by molar-refractivity contribution is 7.72. The summed E-state index contributed by atoms with van der Waals surface area (Å²) in [5.74, 6) is 0. The van der Waals surface area contributed by atoms with Crippen molar-refractivity contribution in [2.45, 2.75) is 4.90 Å². The molecule has 0 aliphatic rings. The first-order valence-corrected chi connectivity index (χ1v) is 6.23. The van der Waals surface area contributed by atoms with E-state index in [1.54, 1.807) is 42.5 Å². The molecule has 0 aliphatic carbocycles. The van der Waals surface area contributed by atoms with Gasteiger partial charge >= 0.3 is 0 Å². The quantitative estimate of drug-likeness (QED) is 0.834. The van der Waals surface area contributed by atoms with E-state index >= 15 is 0 Å². The predicted molar refractivity (Wildman–Crippen MR) is 65.5 cm³/mol. The fourth-order valence-electron chi connectivity index (χ4n) is 1.51. The molecular formula is C12H9ClO2S. The summed E-state index contributed by atoms with van der Waals surface area (Å²) in [4.78, 5) is 0.333. The van der Waals surface area contributed by atoms with Crippen molar-refractivity contribution < 1.29 is 8.42 Å². The third-order valence-corrected chi connectivity index (χ3v) is 3.29. The molecule has 0 saturated carbocycles. The number of rotatable bonds is 2. The highest BCUT2D eigenvalue weighted by Crippen LogP contribution is 2.25. The molecule has 0 aromatic heterocycles. The molecule has 0 aliphatic heterocycles. The highest BCUT2D eigenvalue weighted by atomic mass is 35.5. The van der Waals surface area contributed by atoms with Gasteiger partial charge < -0.3 is 0 Å². The van der Waals surface area contributed by atoms with E-state index in [9.17, 15) is 8.42 Å². The third-order valence-electron chi connectivity index (χ3n) is 2.26. The zero-order valence-electron chi connectivity index (χ0n) is 8.26. The van der Waals surface area contributed by atoms with Crippen molar-refractivity contribution in [3.63, 3.8) is 0 Å². The normalized spacial score (nSPS) is 10.6. The van der Waals surface area contributed by atoms with E-state index in [1.165, 1.54) is 0 Å². The number of hydrogen-bond donors (Lipinski definition) is 1. The van der Waals surface area contributed by atoms with E-state index in [1.807, 2.05) is 6.07 Å². The summed E-state index contributed by atoms with van der Waals surface area (Å²) >= 11 is 5.78. The molecule has 0 spiro atoms. The van der Waals surface area contributed by atoms with Crippen LogP contribution in [0.4, 0.5) is 0 Å². The lowest BCUT2D eigenvalue weighted by molar-refractivity contribution is 0.615. The molecule has 2 rings (SSSR count). The molecule has 0 atom stereocenters. The van der Waals surface area contributed by atoms with E-state index in [-0.39, 0.29) is 0 Å². The van der Waals surface area contributed by atoms with Crippen LogP contribution in [0.3, 0.4) is 0 Å². The number of thiol groups is 1. The molecule has 0 unspecified atom stereocenters. The molecule has 0 radical (unpaired) electrons. The van der Waals surface area contributed by atoms with Crippen molar-refractivity contribution in [2.24, 2.45) is 0 Å². The number of benzene rings is 2. The monoisotopic (exact) mass is 252 g/mol. The van der Waals surface area contributed by atoms with Gasteiger partial charge in [-0.15, -0.1) is 0 Å². The van der Waals surface area contributed by atoms with Gasteiger partial charge in [0.1, 0.15) is 0 Å². The smallest absolute Gasteiger partial charge is 0.168 e. The first kappa shape index (κ1) is 11.2. The Labute approximate surface area is 100 Å². The summed E-state index contributed by atoms with van der Waals surface area (Å²) in [5, 5.41) is 0.632. The molecule has 82 valence electrons. The molecule has 0 fully saturated rings. The van der Waals surface area contributed by atoms with Crippen LogP contribution in [0.1, 0.15) is 0 Å². The maximum Gasteiger partial charge on any atom is 0.168 e. The molecule has 0 bridgehead atoms. The lowest BCUT2D eigenvalue weighted by atomic mass is 10.1. The Hall–Kier alpha value is -1.32. The second kappa shape index (κ2) is 4.68. The standard InChI is InChI=1S/C12H9ClO2S/c13-10-7-5-9(6-8-10)11-3-1-2-4-12(11)16(14)15/h1-8,16H. The van der Waals surface area contributed by atoms with Gasteiger partial charge in [-0.05, 0) is 23.8 Å². The molecule has 4 heteroatoms. The summed E-state index contributed by atoms with van der Waals surface area (Å²) < 4.78 is 22.1. The molecule has 2 nitrogen and oxygen atoms in total. The van der Waals surface area contributed by atoms with Gasteiger partial charge in [-0.25, -0.2) is 8.42 Å². The van der Waals surface area contributed by atoms with Crippen LogP contribution in [0.5, 0.6) is 0 Å². The predicted octanol–water partition coefficient (Wildman–Crippen LogP) is 2.98. The fourth-order valence-corrected chi connectivity index (χ4v) is 2.24. The first-order valence-electron chi connectivity index (χ1n) is 4.68. The van der Waals surface area contributed by atoms with Gasteiger partial charge in [0.25, 0.3) is 0 Å². The van der Waals surface area contributed by atoms with Crippen LogP contribution in [0, 0.1) is 0 Å². The second-order valence-electron chi connectivity index (χ2n) is 3.28. The fraction of sp³-hybridized carbons (Fsp3) is 0. The van der Waals surface area contributed by atoms with Crippen LogP contribution in [0.15, 0.2) is 53.4 Å². The minimum Gasteiger partial charge on any atom is -0.227 e. The van der Waals surface area contributed by atoms with Gasteiger partial charge in [0.05, 0.1) is 4.90 Å². The maximum atomic E-state index is 11.1. The van der Waals surface area contributed by atoms with Crippen LogP contribution in [-0.4, -0.2) is 8.42 Å². The van der Waals surface area contributed by atoms with E-state index in [0.717, 1.165) is 5.56 Å². The largest absolute Gasteiger partial charge is 0.227 e. The van der Waals surface area contributed by atoms with Crippen LogP contribution < -0.4 is 0 Å². The topological polar surface area (TPSA) is 34.1 Å². The summed E-state index contributed by atoms with van der Waals surface area (Å²) in [6.45, 7) is 0. The van der Waals surface area contributed by atoms with E-state index in [4.69, 9.17) is 11.6 Å². The Bertz CT molecular complexity index is 566. The van der Waals surface area contributed by atoms with Gasteiger partial charge in [-0.2, -0.15) is 0 Å². The summed E-state index contributed by atoms with van der Waals surface area (Å²) in [7, 11) is -2.58. The van der Waals surface area contributed by atoms with Crippen molar-refractivity contribution in [1.29, 1.82) is 0 Å². The maximum absolute atomic E-state index is 11.1. The van der Waals surface area contributed by atoms with E-state index in [2.05, 4.69) is 0 Å². The van der Waals surface area contributed by atoms with E-state index in [0.29, 0.717) is 15.5 Å². The van der Waals surface area contributed by atoms with Crippen LogP contribution in [0.25, 0.3) is 11.1 Å². The van der Waals surface area contributed by atoms with Gasteiger partial charge in [0, 0.05) is 10.6 Å². The lowest BCUT2D eigenvalue weighted by Gasteiger charge is -2.04. The highest BCUT2D eigenvalue weighted by Gasteiger charge is 2.05. The SMILES string of the molecule is O=[SH](=O)c1ccccc1-c1ccc(Cl)cc1. The molecule has 2 aromatic carbocycles. The Morgan fingerprint density at radius 2 is 1.50 bits per heavy atom. The number of hydrogen-bond acceptors (Lipinski definition) is 2. The molecule has 0 N–H and O–H groups in total. The van der Waals surface area contributed by atoms with Crippen LogP contribution in [-0.2, 0) is 10.7 Å². The summed E-state index contributed by atoms with van der Waals surface area (Å²) in [5.41, 5.74) is 1.55. The van der Waals surface area contributed by atoms with Crippen molar-refractivity contribution in [3.05, 3.63) is 53.6 Å². The zero-order chi connectivity index (χ0) is 11.5. The van der Waals surface area contributed by atoms with Crippen LogP contribution in [0.2, 0.25) is 5.02 Å². The molecule has 0 saturated heterocycles. The van der Waals surface area contributed by atoms with Gasteiger partial charge in [0.15, 0.2) is 10.7 Å². The Balaban J connectivity index is 2.60. The molecule has 2 aromatic rings. The van der Waals surface area contributed by atoms with Crippen LogP contribution >= 0.6 is 11.6 Å². The Kier molecular flexibility index (Phi) is 3.27. The Morgan fingerprint density at radius 1 is 0.875 bits per heavy atom. The summed E-state index contributed by atoms with van der Waals surface area (Å²) in [6.07, 6.45) is 0. The lowest BCUT2D eigenvalue weighted by Crippen LogP contribution is -1.86. The third kappa shape index (κ3) is 2.26. The summed E-state index contributed by atoms with van der Waals surface area (Å²) in [6, 6.07) is 14.0. The van der Waals surface area contributed by atoms with Gasteiger partial charge in [0.2, 0.25) is 0 Å². The Morgan fingerprint density at radius 3 is 2.12 bits per heavy atom. The average molecular weight is 253 g/mol. The van der Waals surface area contributed by atoms with Crippen molar-refractivity contribution in [1.82, 2.24) is 0 Å². The van der Waals surface area contributed by atoms with Gasteiger partial charge in [-0.3, -0.25) is 0 Å². The van der Waals surface area contributed by atoms with Gasteiger partial charge in [-0.1, -0.05) is 41.9 Å². The molecular weight excluding hydrogens is 244 g/mol. The molecule has 0 heterocycles. The average Bonchev–Trinajstić information content (AvgIpc) is 2.30. The second-order valence-corrected chi connectivity index (χ2v) is 4.71. The minimum absolute atomic E-state index is 0.333. The van der Waals surface area contributed by atoms with Crippen molar-refractivity contribution in [3.8, 4) is 11.1 Å². The van der Waals surface area contributed by atoms with E-state index < -0.39 is 10.7 Å². The number of halogens is 1. The molecule has 0 amide bonds. The minimum atomic E-state index is -2.58.